The molecule has 2 aromatic carbocycles. The smallest absolute Gasteiger partial charge is 0.359 e. The fourth-order valence-electron chi connectivity index (χ4n) is 3.85. The molecule has 0 aliphatic rings. The fourth-order valence-corrected chi connectivity index (χ4v) is 3.98. The number of nitrogens with zero attached hydrogens (tertiary/aromatic N) is 5. The SMILES string of the molecule is CCOC(=O)c1nn(-c2ccc(Cl)cc2)c(-c2ccccc2F)c1CCn1c([N+](=O)[O-])cnc1C. The Hall–Kier alpha value is -4.05. The van der Waals surface area contributed by atoms with Crippen LogP contribution in [0.1, 0.15) is 28.8 Å². The van der Waals surface area contributed by atoms with Crippen molar-refractivity contribution in [2.45, 2.75) is 26.8 Å². The second-order valence-electron chi connectivity index (χ2n) is 7.59. The van der Waals surface area contributed by atoms with E-state index in [0.717, 1.165) is 0 Å². The van der Waals surface area contributed by atoms with E-state index in [1.165, 1.54) is 21.5 Å². The van der Waals surface area contributed by atoms with Gasteiger partial charge >= 0.3 is 11.8 Å². The third kappa shape index (κ3) is 4.78. The summed E-state index contributed by atoms with van der Waals surface area (Å²) in [5.41, 5.74) is 1.51. The predicted molar refractivity (Wildman–Crippen MR) is 127 cm³/mol. The molecule has 11 heteroatoms. The van der Waals surface area contributed by atoms with Gasteiger partial charge in [-0.25, -0.2) is 23.4 Å². The van der Waals surface area contributed by atoms with Crippen LogP contribution in [0.2, 0.25) is 5.02 Å². The molecule has 0 aliphatic carbocycles. The number of halogens is 2. The van der Waals surface area contributed by atoms with Crippen LogP contribution in [-0.2, 0) is 17.7 Å². The molecule has 2 heterocycles. The molecule has 0 radical (unpaired) electrons. The molecule has 180 valence electrons. The summed E-state index contributed by atoms with van der Waals surface area (Å²) in [6.07, 6.45) is 1.31. The van der Waals surface area contributed by atoms with E-state index in [1.807, 2.05) is 0 Å². The van der Waals surface area contributed by atoms with Gasteiger partial charge < -0.3 is 14.9 Å². The number of hydrogen-bond acceptors (Lipinski definition) is 6. The summed E-state index contributed by atoms with van der Waals surface area (Å²) in [6.45, 7) is 3.55. The Balaban J connectivity index is 1.93. The molecule has 0 spiro atoms. The van der Waals surface area contributed by atoms with E-state index < -0.39 is 16.7 Å². The molecule has 35 heavy (non-hydrogen) atoms. The molecule has 0 aliphatic heterocycles. The first-order valence-corrected chi connectivity index (χ1v) is 11.2. The number of benzene rings is 2. The van der Waals surface area contributed by atoms with Gasteiger partial charge in [-0.15, -0.1) is 0 Å². The molecule has 4 rings (SSSR count). The maximum Gasteiger partial charge on any atom is 0.359 e. The lowest BCUT2D eigenvalue weighted by molar-refractivity contribution is -0.392. The Labute approximate surface area is 204 Å². The standard InChI is InChI=1S/C24H21ClFN5O4/c1-3-35-24(32)22-19(12-13-29-15(2)27-14-21(29)31(33)34)23(18-6-4-5-7-20(18)26)30(28-22)17-10-8-16(25)9-11-17/h4-11,14H,3,12-13H2,1-2H3. The van der Waals surface area contributed by atoms with E-state index in [9.17, 15) is 14.9 Å². The van der Waals surface area contributed by atoms with Crippen LogP contribution in [0.4, 0.5) is 10.2 Å². The summed E-state index contributed by atoms with van der Waals surface area (Å²) in [7, 11) is 0. The first-order chi connectivity index (χ1) is 16.8. The van der Waals surface area contributed by atoms with Crippen LogP contribution < -0.4 is 0 Å². The second kappa shape index (κ2) is 10.1. The summed E-state index contributed by atoms with van der Waals surface area (Å²) < 4.78 is 23.2. The first kappa shape index (κ1) is 24.1. The number of aryl methyl sites for hydroxylation is 1. The molecule has 0 saturated heterocycles. The normalized spacial score (nSPS) is 11.0. The van der Waals surface area contributed by atoms with Crippen LogP contribution in [0.25, 0.3) is 16.9 Å². The molecular formula is C24H21ClFN5O4. The average Bonchev–Trinajstić information content (AvgIpc) is 3.39. The average molecular weight is 498 g/mol. The molecule has 0 unspecified atom stereocenters. The molecule has 0 atom stereocenters. The number of hydrogen-bond donors (Lipinski definition) is 0. The predicted octanol–water partition coefficient (Wildman–Crippen LogP) is 5.16. The molecule has 4 aromatic rings. The Morgan fingerprint density at radius 2 is 1.91 bits per heavy atom. The van der Waals surface area contributed by atoms with E-state index in [1.54, 1.807) is 56.3 Å². The summed E-state index contributed by atoms with van der Waals surface area (Å²) in [4.78, 5) is 27.8. The lowest BCUT2D eigenvalue weighted by Gasteiger charge is -2.11. The van der Waals surface area contributed by atoms with Crippen molar-refractivity contribution < 1.29 is 18.8 Å². The monoisotopic (exact) mass is 497 g/mol. The number of ether oxygens (including phenoxy) is 1. The maximum atomic E-state index is 15.0. The highest BCUT2D eigenvalue weighted by Gasteiger charge is 2.28. The highest BCUT2D eigenvalue weighted by molar-refractivity contribution is 6.30. The minimum atomic E-state index is -0.676. The van der Waals surface area contributed by atoms with E-state index in [2.05, 4.69) is 10.1 Å². The molecule has 0 fully saturated rings. The maximum absolute atomic E-state index is 15.0. The summed E-state index contributed by atoms with van der Waals surface area (Å²) in [5, 5.41) is 16.5. The van der Waals surface area contributed by atoms with Gasteiger partial charge in [0.2, 0.25) is 0 Å². The zero-order valence-corrected chi connectivity index (χ0v) is 19.7. The zero-order chi connectivity index (χ0) is 25.1. The van der Waals surface area contributed by atoms with Gasteiger partial charge in [-0.1, -0.05) is 23.7 Å². The topological polar surface area (TPSA) is 105 Å². The van der Waals surface area contributed by atoms with Crippen LogP contribution in [0.5, 0.6) is 0 Å². The van der Waals surface area contributed by atoms with E-state index in [0.29, 0.717) is 27.8 Å². The molecule has 0 saturated carbocycles. The highest BCUT2D eigenvalue weighted by Crippen LogP contribution is 2.33. The summed E-state index contributed by atoms with van der Waals surface area (Å²) >= 11 is 6.04. The van der Waals surface area contributed by atoms with Crippen molar-refractivity contribution in [3.05, 3.63) is 92.8 Å². The van der Waals surface area contributed by atoms with E-state index >= 15 is 4.39 Å². The van der Waals surface area contributed by atoms with Gasteiger partial charge in [0, 0.05) is 29.5 Å². The Morgan fingerprint density at radius 1 is 1.20 bits per heavy atom. The summed E-state index contributed by atoms with van der Waals surface area (Å²) in [5.74, 6) is -0.932. The van der Waals surface area contributed by atoms with Crippen LogP contribution in [0.3, 0.4) is 0 Å². The van der Waals surface area contributed by atoms with Gasteiger partial charge in [0.15, 0.2) is 11.5 Å². The third-order valence-electron chi connectivity index (χ3n) is 5.46. The Kier molecular flexibility index (Phi) is 6.92. The lowest BCUT2D eigenvalue weighted by atomic mass is 10.0. The van der Waals surface area contributed by atoms with Gasteiger partial charge in [0.25, 0.3) is 0 Å². The van der Waals surface area contributed by atoms with Crippen molar-refractivity contribution in [2.75, 3.05) is 6.61 Å². The number of carbonyl (C=O) groups is 1. The fraction of sp³-hybridized carbons (Fsp3) is 0.208. The minimum absolute atomic E-state index is 0.000439. The number of imidazole rings is 1. The molecule has 2 aromatic heterocycles. The number of aromatic nitrogens is 4. The summed E-state index contributed by atoms with van der Waals surface area (Å²) in [6, 6.07) is 12.8. The number of nitro groups is 1. The second-order valence-corrected chi connectivity index (χ2v) is 8.02. The number of rotatable bonds is 8. The van der Waals surface area contributed by atoms with E-state index in [4.69, 9.17) is 16.3 Å². The van der Waals surface area contributed by atoms with Crippen molar-refractivity contribution in [2.24, 2.45) is 0 Å². The highest BCUT2D eigenvalue weighted by atomic mass is 35.5. The first-order valence-electron chi connectivity index (χ1n) is 10.8. The largest absolute Gasteiger partial charge is 0.461 e. The molecule has 0 N–H and O–H groups in total. The molecule has 0 bridgehead atoms. The van der Waals surface area contributed by atoms with Gasteiger partial charge in [0.05, 0.1) is 24.5 Å². The molecular weight excluding hydrogens is 477 g/mol. The van der Waals surface area contributed by atoms with Crippen molar-refractivity contribution in [3.63, 3.8) is 0 Å². The van der Waals surface area contributed by atoms with Crippen molar-refractivity contribution in [3.8, 4) is 16.9 Å². The molecule has 9 nitrogen and oxygen atoms in total. The van der Waals surface area contributed by atoms with Gasteiger partial charge in [-0.05, 0) is 48.2 Å². The van der Waals surface area contributed by atoms with Gasteiger partial charge in [0.1, 0.15) is 12.0 Å². The zero-order valence-electron chi connectivity index (χ0n) is 18.9. The van der Waals surface area contributed by atoms with Crippen LogP contribution in [0.15, 0.2) is 54.7 Å². The van der Waals surface area contributed by atoms with Crippen LogP contribution in [0, 0.1) is 22.9 Å². The van der Waals surface area contributed by atoms with E-state index in [-0.39, 0.29) is 36.6 Å². The Morgan fingerprint density at radius 3 is 2.57 bits per heavy atom. The Bertz CT molecular complexity index is 1400. The van der Waals surface area contributed by atoms with Crippen molar-refractivity contribution in [1.29, 1.82) is 0 Å². The van der Waals surface area contributed by atoms with Crippen molar-refractivity contribution >= 4 is 23.4 Å². The quantitative estimate of drug-likeness (QED) is 0.189. The van der Waals surface area contributed by atoms with Gasteiger partial charge in [-0.3, -0.25) is 0 Å². The lowest BCUT2D eigenvalue weighted by Crippen LogP contribution is -2.12. The van der Waals surface area contributed by atoms with Crippen LogP contribution in [-0.4, -0.2) is 36.8 Å². The third-order valence-corrected chi connectivity index (χ3v) is 5.71. The molecule has 0 amide bonds. The van der Waals surface area contributed by atoms with Crippen LogP contribution >= 0.6 is 11.6 Å². The minimum Gasteiger partial charge on any atom is -0.461 e. The number of esters is 1. The number of carbonyl (C=O) groups excluding carboxylic acids is 1. The van der Waals surface area contributed by atoms with Gasteiger partial charge in [-0.2, -0.15) is 5.10 Å². The van der Waals surface area contributed by atoms with Crippen molar-refractivity contribution in [1.82, 2.24) is 19.3 Å².